The minimum atomic E-state index is -0.286. The molecule has 0 spiro atoms. The number of fused-ring (bicyclic) bond motifs is 1. The first-order valence-corrected chi connectivity index (χ1v) is 11.3. The Hall–Kier alpha value is -4.33. The molecule has 8 heteroatoms. The molecule has 5 rings (SSSR count). The Kier molecular flexibility index (Phi) is 5.64. The van der Waals surface area contributed by atoms with E-state index in [1.807, 2.05) is 58.0 Å². The first kappa shape index (κ1) is 22.5. The van der Waals surface area contributed by atoms with Crippen molar-refractivity contribution in [3.8, 4) is 5.69 Å². The number of aryl methyl sites for hydroxylation is 3. The van der Waals surface area contributed by atoms with Crippen LogP contribution in [0.3, 0.4) is 0 Å². The summed E-state index contributed by atoms with van der Waals surface area (Å²) in [5.41, 5.74) is 5.97. The van der Waals surface area contributed by atoms with E-state index in [2.05, 4.69) is 20.5 Å². The monoisotopic (exact) mass is 468 g/mol. The fourth-order valence-corrected chi connectivity index (χ4v) is 4.34. The van der Waals surface area contributed by atoms with E-state index in [1.165, 1.54) is 6.07 Å². The quantitative estimate of drug-likeness (QED) is 0.380. The summed E-state index contributed by atoms with van der Waals surface area (Å²) in [5, 5.41) is 12.9. The summed E-state index contributed by atoms with van der Waals surface area (Å²) in [5.74, 6) is -0.556. The van der Waals surface area contributed by atoms with Gasteiger partial charge in [0.1, 0.15) is 5.82 Å². The van der Waals surface area contributed by atoms with Crippen LogP contribution in [0.2, 0.25) is 0 Å². The van der Waals surface area contributed by atoms with Crippen LogP contribution in [0.25, 0.3) is 16.7 Å². The summed E-state index contributed by atoms with van der Waals surface area (Å²) in [7, 11) is 0. The summed E-state index contributed by atoms with van der Waals surface area (Å²) in [6.07, 6.45) is 0. The lowest BCUT2D eigenvalue weighted by atomic mass is 10.1. The number of amides is 1. The van der Waals surface area contributed by atoms with Crippen LogP contribution < -0.4 is 5.32 Å². The van der Waals surface area contributed by atoms with E-state index in [1.54, 1.807) is 33.6 Å². The minimum Gasteiger partial charge on any atom is -0.319 e. The van der Waals surface area contributed by atoms with Crippen molar-refractivity contribution < 1.29 is 9.18 Å². The Morgan fingerprint density at radius 2 is 1.66 bits per heavy atom. The van der Waals surface area contributed by atoms with Crippen molar-refractivity contribution in [3.05, 3.63) is 100 Å². The molecule has 7 nitrogen and oxygen atoms in total. The molecule has 0 unspecified atom stereocenters. The van der Waals surface area contributed by atoms with E-state index >= 15 is 0 Å². The molecule has 0 atom stereocenters. The third-order valence-electron chi connectivity index (χ3n) is 6.08. The van der Waals surface area contributed by atoms with E-state index in [9.17, 15) is 9.18 Å². The van der Waals surface area contributed by atoms with Crippen molar-refractivity contribution in [1.29, 1.82) is 0 Å². The summed E-state index contributed by atoms with van der Waals surface area (Å²) >= 11 is 0. The molecule has 1 amide bonds. The van der Waals surface area contributed by atoms with Crippen LogP contribution in [-0.4, -0.2) is 30.5 Å². The molecule has 1 N–H and O–H groups in total. The zero-order valence-corrected chi connectivity index (χ0v) is 20.0. The minimum absolute atomic E-state index is 0.271. The van der Waals surface area contributed by atoms with E-state index in [-0.39, 0.29) is 18.3 Å². The topological polar surface area (TPSA) is 77.6 Å². The number of para-hydroxylation sites is 1. The van der Waals surface area contributed by atoms with Crippen molar-refractivity contribution in [2.75, 3.05) is 5.32 Å². The number of carbonyl (C=O) groups excluding carboxylic acids is 1. The number of aromatic nitrogens is 5. The second-order valence-corrected chi connectivity index (χ2v) is 8.59. The fraction of sp³-hybridized carbons (Fsp3) is 0.185. The van der Waals surface area contributed by atoms with Gasteiger partial charge >= 0.3 is 0 Å². The molecule has 3 heterocycles. The highest BCUT2D eigenvalue weighted by atomic mass is 19.1. The van der Waals surface area contributed by atoms with E-state index < -0.39 is 0 Å². The molecular formula is C27H25FN6O. The van der Waals surface area contributed by atoms with Gasteiger partial charge in [-0.25, -0.2) is 14.1 Å². The Bertz CT molecular complexity index is 1570. The number of halogens is 1. The normalized spacial score (nSPS) is 11.2. The summed E-state index contributed by atoms with van der Waals surface area (Å²) in [6, 6.07) is 18.1. The van der Waals surface area contributed by atoms with Gasteiger partial charge in [-0.05, 0) is 52.0 Å². The van der Waals surface area contributed by atoms with Crippen molar-refractivity contribution >= 4 is 22.6 Å². The van der Waals surface area contributed by atoms with E-state index in [4.69, 9.17) is 0 Å². The second kappa shape index (κ2) is 8.79. The van der Waals surface area contributed by atoms with Crippen LogP contribution >= 0.6 is 0 Å². The molecule has 0 aliphatic carbocycles. The number of anilines is 1. The first-order valence-electron chi connectivity index (χ1n) is 11.3. The Morgan fingerprint density at radius 1 is 0.943 bits per heavy atom. The molecule has 5 aromatic rings. The van der Waals surface area contributed by atoms with Gasteiger partial charge in [0.05, 0.1) is 46.0 Å². The SMILES string of the molecule is Cc1cc(C(=O)Nc2c(C)nn(Cc3ccccc3F)c2C)c2c(C)nn(-c3ccccc3)c2n1. The number of rotatable bonds is 5. The van der Waals surface area contributed by atoms with Gasteiger partial charge < -0.3 is 5.32 Å². The molecule has 0 bridgehead atoms. The second-order valence-electron chi connectivity index (χ2n) is 8.59. The highest BCUT2D eigenvalue weighted by molar-refractivity contribution is 6.13. The number of hydrogen-bond donors (Lipinski definition) is 1. The number of nitrogens with zero attached hydrogens (tertiary/aromatic N) is 5. The van der Waals surface area contributed by atoms with Crippen molar-refractivity contribution in [1.82, 2.24) is 24.5 Å². The summed E-state index contributed by atoms with van der Waals surface area (Å²) in [6.45, 7) is 7.70. The lowest BCUT2D eigenvalue weighted by Gasteiger charge is -2.10. The highest BCUT2D eigenvalue weighted by Crippen LogP contribution is 2.27. The molecule has 3 aromatic heterocycles. The highest BCUT2D eigenvalue weighted by Gasteiger charge is 2.22. The van der Waals surface area contributed by atoms with Crippen molar-refractivity contribution in [2.45, 2.75) is 34.2 Å². The van der Waals surface area contributed by atoms with Crippen molar-refractivity contribution in [3.63, 3.8) is 0 Å². The third-order valence-corrected chi connectivity index (χ3v) is 6.08. The van der Waals surface area contributed by atoms with Crippen molar-refractivity contribution in [2.24, 2.45) is 0 Å². The molecule has 176 valence electrons. The van der Waals surface area contributed by atoms with Crippen LogP contribution in [-0.2, 0) is 6.54 Å². The van der Waals surface area contributed by atoms with Crippen LogP contribution in [0.1, 0.15) is 38.7 Å². The van der Waals surface area contributed by atoms with Gasteiger partial charge in [-0.15, -0.1) is 0 Å². The molecule has 0 aliphatic heterocycles. The Balaban J connectivity index is 1.52. The zero-order valence-electron chi connectivity index (χ0n) is 20.0. The standard InChI is InChI=1S/C27H25FN6O/c1-16-14-22(24-17(2)32-34(26(24)29-16)21-11-6-5-7-12-21)27(35)30-25-18(3)31-33(19(25)4)15-20-10-8-9-13-23(20)28/h5-14H,15H2,1-4H3,(H,30,35). The molecule has 0 aliphatic rings. The van der Waals surface area contributed by atoms with Gasteiger partial charge in [-0.2, -0.15) is 10.2 Å². The summed E-state index contributed by atoms with van der Waals surface area (Å²) < 4.78 is 17.6. The fourth-order valence-electron chi connectivity index (χ4n) is 4.34. The Morgan fingerprint density at radius 3 is 2.40 bits per heavy atom. The summed E-state index contributed by atoms with van der Waals surface area (Å²) in [4.78, 5) is 18.2. The lowest BCUT2D eigenvalue weighted by molar-refractivity contribution is 0.102. The molecule has 35 heavy (non-hydrogen) atoms. The number of benzene rings is 2. The molecule has 0 saturated heterocycles. The average Bonchev–Trinajstić information content (AvgIpc) is 3.31. The number of carbonyl (C=O) groups is 1. The average molecular weight is 469 g/mol. The third kappa shape index (κ3) is 4.07. The molecule has 0 fully saturated rings. The largest absolute Gasteiger partial charge is 0.319 e. The maximum atomic E-state index is 14.2. The predicted octanol–water partition coefficient (Wildman–Crippen LogP) is 5.29. The van der Waals surface area contributed by atoms with Crippen LogP contribution in [0.15, 0.2) is 60.7 Å². The number of nitrogens with one attached hydrogen (secondary N) is 1. The predicted molar refractivity (Wildman–Crippen MR) is 133 cm³/mol. The van der Waals surface area contributed by atoms with Gasteiger partial charge in [0, 0.05) is 11.3 Å². The van der Waals surface area contributed by atoms with Gasteiger partial charge in [0.15, 0.2) is 5.65 Å². The Labute approximate surface area is 202 Å². The maximum absolute atomic E-state index is 14.2. The molecule has 0 radical (unpaired) electrons. The van der Waals surface area contributed by atoms with E-state index in [0.717, 1.165) is 11.4 Å². The van der Waals surface area contributed by atoms with Gasteiger partial charge in [0.2, 0.25) is 0 Å². The number of pyridine rings is 1. The molecular weight excluding hydrogens is 443 g/mol. The van der Waals surface area contributed by atoms with Gasteiger partial charge in [-0.3, -0.25) is 9.48 Å². The van der Waals surface area contributed by atoms with Gasteiger partial charge in [0.25, 0.3) is 5.91 Å². The zero-order chi connectivity index (χ0) is 24.7. The number of hydrogen-bond acceptors (Lipinski definition) is 4. The molecule has 0 saturated carbocycles. The van der Waals surface area contributed by atoms with Gasteiger partial charge in [-0.1, -0.05) is 36.4 Å². The van der Waals surface area contributed by atoms with Crippen LogP contribution in [0, 0.1) is 33.5 Å². The smallest absolute Gasteiger partial charge is 0.256 e. The first-order chi connectivity index (χ1) is 16.8. The lowest BCUT2D eigenvalue weighted by Crippen LogP contribution is -2.15. The maximum Gasteiger partial charge on any atom is 0.256 e. The van der Waals surface area contributed by atoms with Crippen LogP contribution in [0.5, 0.6) is 0 Å². The molecule has 2 aromatic carbocycles. The van der Waals surface area contributed by atoms with E-state index in [0.29, 0.717) is 44.9 Å². The van der Waals surface area contributed by atoms with Crippen LogP contribution in [0.4, 0.5) is 10.1 Å².